The van der Waals surface area contributed by atoms with Gasteiger partial charge in [0.05, 0.1) is 17.8 Å². The molecular formula is C10H17BrN2O4. The second-order valence-electron chi connectivity index (χ2n) is 3.76. The van der Waals surface area contributed by atoms with Gasteiger partial charge in [-0.25, -0.2) is 0 Å². The van der Waals surface area contributed by atoms with Gasteiger partial charge in [0.2, 0.25) is 5.91 Å². The van der Waals surface area contributed by atoms with Crippen LogP contribution in [0.1, 0.15) is 20.3 Å². The number of carboxylic acid groups (broad SMARTS) is 1. The first-order valence-electron chi connectivity index (χ1n) is 5.17. The van der Waals surface area contributed by atoms with E-state index in [1.165, 1.54) is 6.92 Å². The SMILES string of the molecule is CC(=O)NC(C)CNC(CC(=O)O)C(=O)CBr. The number of aliphatic carboxylic acids is 1. The molecule has 17 heavy (non-hydrogen) atoms. The molecular weight excluding hydrogens is 292 g/mol. The van der Waals surface area contributed by atoms with E-state index in [1.807, 2.05) is 0 Å². The molecule has 0 aliphatic carbocycles. The topological polar surface area (TPSA) is 95.5 Å². The van der Waals surface area contributed by atoms with Gasteiger partial charge in [0.1, 0.15) is 0 Å². The fourth-order valence-corrected chi connectivity index (χ4v) is 1.68. The van der Waals surface area contributed by atoms with Crippen LogP contribution in [0, 0.1) is 0 Å². The van der Waals surface area contributed by atoms with Crippen molar-refractivity contribution in [2.45, 2.75) is 32.4 Å². The standard InChI is InChI=1S/C10H17BrN2O4/c1-6(13-7(2)14)5-12-8(3-10(16)17)9(15)4-11/h6,8,12H,3-5H2,1-2H3,(H,13,14)(H,16,17). The molecule has 0 aliphatic heterocycles. The second-order valence-corrected chi connectivity index (χ2v) is 4.32. The fraction of sp³-hybridized carbons (Fsp3) is 0.700. The predicted octanol–water partition coefficient (Wildman–Crippen LogP) is -0.0921. The van der Waals surface area contributed by atoms with Crippen molar-refractivity contribution in [1.82, 2.24) is 10.6 Å². The summed E-state index contributed by atoms with van der Waals surface area (Å²) in [6, 6.07) is -0.894. The van der Waals surface area contributed by atoms with Crippen LogP contribution in [-0.2, 0) is 14.4 Å². The Morgan fingerprint density at radius 2 is 1.94 bits per heavy atom. The maximum Gasteiger partial charge on any atom is 0.305 e. The van der Waals surface area contributed by atoms with Crippen LogP contribution in [0.3, 0.4) is 0 Å². The van der Waals surface area contributed by atoms with Gasteiger partial charge >= 0.3 is 5.97 Å². The van der Waals surface area contributed by atoms with Crippen molar-refractivity contribution in [1.29, 1.82) is 0 Å². The zero-order valence-electron chi connectivity index (χ0n) is 9.83. The average molecular weight is 309 g/mol. The van der Waals surface area contributed by atoms with Crippen molar-refractivity contribution in [2.24, 2.45) is 0 Å². The number of carbonyl (C=O) groups excluding carboxylic acids is 2. The third kappa shape index (κ3) is 7.87. The lowest BCUT2D eigenvalue weighted by molar-refractivity contribution is -0.139. The van der Waals surface area contributed by atoms with Crippen LogP contribution >= 0.6 is 15.9 Å². The Bertz CT molecular complexity index is 296. The number of Topliss-reactive ketones (excluding diaryl/α,β-unsaturated/α-hetero) is 1. The Labute approximate surface area is 108 Å². The summed E-state index contributed by atoms with van der Waals surface area (Å²) in [5.74, 6) is -1.42. The summed E-state index contributed by atoms with van der Waals surface area (Å²) in [5.41, 5.74) is 0. The maximum absolute atomic E-state index is 11.4. The number of amides is 1. The predicted molar refractivity (Wildman–Crippen MR) is 66.1 cm³/mol. The van der Waals surface area contributed by atoms with E-state index in [0.717, 1.165) is 0 Å². The Morgan fingerprint density at radius 3 is 2.35 bits per heavy atom. The van der Waals surface area contributed by atoms with Crippen molar-refractivity contribution in [3.63, 3.8) is 0 Å². The number of alkyl halides is 1. The molecule has 0 radical (unpaired) electrons. The highest BCUT2D eigenvalue weighted by atomic mass is 79.9. The number of nitrogens with one attached hydrogen (secondary N) is 2. The molecule has 0 rings (SSSR count). The Kier molecular flexibility index (Phi) is 7.73. The summed E-state index contributed by atoms with van der Waals surface area (Å²) >= 11 is 3.00. The lowest BCUT2D eigenvalue weighted by Gasteiger charge is -2.18. The molecule has 98 valence electrons. The first-order valence-corrected chi connectivity index (χ1v) is 6.30. The lowest BCUT2D eigenvalue weighted by atomic mass is 10.1. The molecule has 0 aromatic carbocycles. The van der Waals surface area contributed by atoms with Crippen LogP contribution in [0.15, 0.2) is 0 Å². The van der Waals surface area contributed by atoms with Gasteiger partial charge in [0, 0.05) is 19.5 Å². The number of ketones is 1. The summed E-state index contributed by atoms with van der Waals surface area (Å²) in [6.07, 6.45) is -0.267. The molecule has 0 spiro atoms. The molecule has 2 atom stereocenters. The van der Waals surface area contributed by atoms with Crippen molar-refractivity contribution < 1.29 is 19.5 Å². The van der Waals surface area contributed by atoms with E-state index in [-0.39, 0.29) is 29.5 Å². The van der Waals surface area contributed by atoms with Crippen LogP contribution in [0.4, 0.5) is 0 Å². The van der Waals surface area contributed by atoms with E-state index >= 15 is 0 Å². The second kappa shape index (κ2) is 8.19. The first-order chi connectivity index (χ1) is 7.86. The Morgan fingerprint density at radius 1 is 1.35 bits per heavy atom. The van der Waals surface area contributed by atoms with Crippen LogP contribution in [0.2, 0.25) is 0 Å². The summed E-state index contributed by atoms with van der Waals surface area (Å²) < 4.78 is 0. The van der Waals surface area contributed by atoms with Gasteiger partial charge in [0.25, 0.3) is 0 Å². The number of hydrogen-bond acceptors (Lipinski definition) is 4. The van der Waals surface area contributed by atoms with Gasteiger partial charge in [0.15, 0.2) is 5.78 Å². The molecule has 0 heterocycles. The van der Waals surface area contributed by atoms with E-state index in [1.54, 1.807) is 6.92 Å². The zero-order chi connectivity index (χ0) is 13.4. The fourth-order valence-electron chi connectivity index (χ4n) is 1.28. The van der Waals surface area contributed by atoms with E-state index < -0.39 is 12.0 Å². The minimum absolute atomic E-state index is 0.104. The van der Waals surface area contributed by atoms with Crippen LogP contribution in [-0.4, -0.2) is 46.7 Å². The van der Waals surface area contributed by atoms with Gasteiger partial charge in [-0.15, -0.1) is 0 Å². The van der Waals surface area contributed by atoms with Gasteiger partial charge in [-0.05, 0) is 6.92 Å². The largest absolute Gasteiger partial charge is 0.481 e. The monoisotopic (exact) mass is 308 g/mol. The molecule has 0 saturated carbocycles. The van der Waals surface area contributed by atoms with Gasteiger partial charge in [-0.1, -0.05) is 15.9 Å². The molecule has 6 nitrogen and oxygen atoms in total. The van der Waals surface area contributed by atoms with Crippen LogP contribution < -0.4 is 10.6 Å². The van der Waals surface area contributed by atoms with Crippen molar-refractivity contribution in [3.05, 3.63) is 0 Å². The number of carboxylic acids is 1. The molecule has 0 aliphatic rings. The zero-order valence-corrected chi connectivity index (χ0v) is 11.4. The smallest absolute Gasteiger partial charge is 0.305 e. The van der Waals surface area contributed by atoms with Crippen molar-refractivity contribution in [3.8, 4) is 0 Å². The highest BCUT2D eigenvalue weighted by molar-refractivity contribution is 9.09. The molecule has 0 fully saturated rings. The third-order valence-electron chi connectivity index (χ3n) is 2.02. The first kappa shape index (κ1) is 16.1. The molecule has 0 saturated heterocycles. The molecule has 0 aromatic rings. The van der Waals surface area contributed by atoms with E-state index in [0.29, 0.717) is 6.54 Å². The lowest BCUT2D eigenvalue weighted by Crippen LogP contribution is -2.46. The van der Waals surface area contributed by atoms with Gasteiger partial charge < -0.3 is 15.7 Å². The minimum Gasteiger partial charge on any atom is -0.481 e. The summed E-state index contributed by atoms with van der Waals surface area (Å²) in [5, 5.41) is 14.2. The van der Waals surface area contributed by atoms with Crippen molar-refractivity contribution in [2.75, 3.05) is 11.9 Å². The van der Waals surface area contributed by atoms with E-state index in [4.69, 9.17) is 5.11 Å². The summed E-state index contributed by atoms with van der Waals surface area (Å²) in [4.78, 5) is 32.8. The molecule has 3 N–H and O–H groups in total. The molecule has 0 bridgehead atoms. The molecule has 1 amide bonds. The molecule has 7 heteroatoms. The molecule has 2 unspecified atom stereocenters. The van der Waals surface area contributed by atoms with E-state index in [2.05, 4.69) is 26.6 Å². The summed E-state index contributed by atoms with van der Waals surface area (Å²) in [7, 11) is 0. The average Bonchev–Trinajstić information content (AvgIpc) is 2.21. The number of hydrogen-bond donors (Lipinski definition) is 3. The quantitative estimate of drug-likeness (QED) is 0.545. The van der Waals surface area contributed by atoms with Gasteiger partial charge in [-0.2, -0.15) is 0 Å². The summed E-state index contributed by atoms with van der Waals surface area (Å²) in [6.45, 7) is 3.51. The van der Waals surface area contributed by atoms with E-state index in [9.17, 15) is 14.4 Å². The Hall–Kier alpha value is -0.950. The highest BCUT2D eigenvalue weighted by Crippen LogP contribution is 1.98. The third-order valence-corrected chi connectivity index (χ3v) is 2.57. The number of carbonyl (C=O) groups is 3. The number of rotatable bonds is 8. The van der Waals surface area contributed by atoms with Crippen LogP contribution in [0.5, 0.6) is 0 Å². The van der Waals surface area contributed by atoms with Crippen LogP contribution in [0.25, 0.3) is 0 Å². The molecule has 0 aromatic heterocycles. The normalized spacial score (nSPS) is 13.8. The van der Waals surface area contributed by atoms with Crippen molar-refractivity contribution >= 4 is 33.6 Å². The number of halogens is 1. The highest BCUT2D eigenvalue weighted by Gasteiger charge is 2.20. The maximum atomic E-state index is 11.4. The minimum atomic E-state index is -1.04. The van der Waals surface area contributed by atoms with Gasteiger partial charge in [-0.3, -0.25) is 14.4 Å². The Balaban J connectivity index is 4.20.